The van der Waals surface area contributed by atoms with Gasteiger partial charge >= 0.3 is 7.60 Å². The number of fused-ring (bicyclic) bond motifs is 2. The Morgan fingerprint density at radius 3 is 1.56 bits per heavy atom. The monoisotopic (exact) mass is 484 g/mol. The molecule has 34 heavy (non-hydrogen) atoms. The summed E-state index contributed by atoms with van der Waals surface area (Å²) in [5.41, 5.74) is 1.47. The molecule has 2 aromatic carbocycles. The maximum Gasteiger partial charge on any atom is 0.330 e. The van der Waals surface area contributed by atoms with Gasteiger partial charge in [0.25, 0.3) is 23.6 Å². The lowest BCUT2D eigenvalue weighted by Gasteiger charge is -2.20. The lowest BCUT2D eigenvalue weighted by Crippen LogP contribution is -2.33. The third-order valence-corrected chi connectivity index (χ3v) is 7.84. The van der Waals surface area contributed by atoms with E-state index in [-0.39, 0.29) is 44.3 Å². The second-order valence-corrected chi connectivity index (χ2v) is 10.1. The molecule has 0 spiro atoms. The molecule has 0 bridgehead atoms. The molecule has 0 saturated carbocycles. The van der Waals surface area contributed by atoms with Gasteiger partial charge in [0, 0.05) is 6.54 Å². The molecule has 0 saturated heterocycles. The summed E-state index contributed by atoms with van der Waals surface area (Å²) in [6, 6.07) is 13.2. The first kappa shape index (κ1) is 24.0. The van der Waals surface area contributed by atoms with Crippen LogP contribution < -0.4 is 0 Å². The molecule has 1 unspecified atom stereocenters. The van der Waals surface area contributed by atoms with Gasteiger partial charge in [-0.3, -0.25) is 33.5 Å². The van der Waals surface area contributed by atoms with Crippen LogP contribution in [0.15, 0.2) is 48.5 Å². The number of carbonyl (C=O) groups excluding carboxylic acids is 4. The number of nitrogens with zero attached hydrogens (tertiary/aromatic N) is 2. The van der Waals surface area contributed by atoms with Gasteiger partial charge in [0.1, 0.15) is 0 Å². The fraction of sp³-hybridized carbons (Fsp3) is 0.333. The Labute approximate surface area is 197 Å². The first-order chi connectivity index (χ1) is 16.4. The van der Waals surface area contributed by atoms with Crippen molar-refractivity contribution in [3.63, 3.8) is 0 Å². The maximum absolute atomic E-state index is 13.1. The van der Waals surface area contributed by atoms with Crippen LogP contribution in [0, 0.1) is 0 Å². The van der Waals surface area contributed by atoms with Gasteiger partial charge < -0.3 is 9.05 Å². The SMILES string of the molecule is CCOP(=O)(CCCCN1C(=O)c2ccccc2C1=O)OCCN1C(=O)c2ccccc2C1=O. The molecule has 2 aliphatic rings. The van der Waals surface area contributed by atoms with E-state index in [0.717, 1.165) is 4.90 Å². The van der Waals surface area contributed by atoms with Crippen LogP contribution in [0.25, 0.3) is 0 Å². The van der Waals surface area contributed by atoms with E-state index < -0.39 is 19.4 Å². The van der Waals surface area contributed by atoms with Crippen molar-refractivity contribution in [1.29, 1.82) is 0 Å². The Kier molecular flexibility index (Phi) is 7.07. The minimum atomic E-state index is -3.48. The molecule has 0 N–H and O–H groups in total. The minimum absolute atomic E-state index is 0.0432. The van der Waals surface area contributed by atoms with Gasteiger partial charge in [-0.25, -0.2) is 0 Å². The van der Waals surface area contributed by atoms with Crippen LogP contribution in [0.1, 0.15) is 61.2 Å². The zero-order valence-corrected chi connectivity index (χ0v) is 19.7. The van der Waals surface area contributed by atoms with Crippen LogP contribution in [-0.2, 0) is 13.6 Å². The molecular weight excluding hydrogens is 459 g/mol. The molecule has 10 heteroatoms. The molecule has 9 nitrogen and oxygen atoms in total. The highest BCUT2D eigenvalue weighted by Crippen LogP contribution is 2.48. The zero-order valence-electron chi connectivity index (χ0n) is 18.8. The van der Waals surface area contributed by atoms with Crippen molar-refractivity contribution in [3.05, 3.63) is 70.8 Å². The quantitative estimate of drug-likeness (QED) is 0.272. The van der Waals surface area contributed by atoms with E-state index in [0.29, 0.717) is 35.1 Å². The van der Waals surface area contributed by atoms with Gasteiger partial charge in [0.15, 0.2) is 0 Å². The first-order valence-electron chi connectivity index (χ1n) is 11.1. The van der Waals surface area contributed by atoms with Crippen LogP contribution >= 0.6 is 7.60 Å². The molecule has 2 aliphatic heterocycles. The highest BCUT2D eigenvalue weighted by atomic mass is 31.2. The molecule has 0 fully saturated rings. The van der Waals surface area contributed by atoms with E-state index in [1.165, 1.54) is 4.90 Å². The Morgan fingerprint density at radius 2 is 1.12 bits per heavy atom. The van der Waals surface area contributed by atoms with Gasteiger partial charge in [-0.05, 0) is 44.0 Å². The Balaban J connectivity index is 1.27. The lowest BCUT2D eigenvalue weighted by molar-refractivity contribution is 0.0616. The molecule has 2 heterocycles. The van der Waals surface area contributed by atoms with Crippen molar-refractivity contribution in [2.45, 2.75) is 19.8 Å². The van der Waals surface area contributed by atoms with Crippen LogP contribution in [0.3, 0.4) is 0 Å². The number of imide groups is 2. The van der Waals surface area contributed by atoms with Crippen LogP contribution in [-0.4, -0.2) is 65.9 Å². The van der Waals surface area contributed by atoms with Crippen LogP contribution in [0.5, 0.6) is 0 Å². The van der Waals surface area contributed by atoms with Gasteiger partial charge in [-0.2, -0.15) is 0 Å². The van der Waals surface area contributed by atoms with E-state index in [1.54, 1.807) is 55.5 Å². The standard InChI is InChI=1S/C24H25N2O7P/c1-2-32-34(31,33-15-14-26-23(29)19-11-5-6-12-20(19)24(26)30)16-8-7-13-25-21(27)17-9-3-4-10-18(17)22(25)28/h3-6,9-12H,2,7-8,13-16H2,1H3. The average Bonchev–Trinajstić information content (AvgIpc) is 3.22. The molecule has 178 valence electrons. The van der Waals surface area contributed by atoms with Crippen molar-refractivity contribution in [3.8, 4) is 0 Å². The summed E-state index contributed by atoms with van der Waals surface area (Å²) >= 11 is 0. The van der Waals surface area contributed by atoms with Gasteiger partial charge in [-0.1, -0.05) is 24.3 Å². The molecule has 0 aliphatic carbocycles. The fourth-order valence-electron chi connectivity index (χ4n) is 4.09. The van der Waals surface area contributed by atoms with Crippen molar-refractivity contribution in [2.75, 3.05) is 32.5 Å². The average molecular weight is 484 g/mol. The summed E-state index contributed by atoms with van der Waals surface area (Å²) in [5, 5.41) is 0. The van der Waals surface area contributed by atoms with E-state index >= 15 is 0 Å². The fourth-order valence-corrected chi connectivity index (χ4v) is 5.79. The summed E-state index contributed by atoms with van der Waals surface area (Å²) in [6.07, 6.45) is 0.925. The summed E-state index contributed by atoms with van der Waals surface area (Å²) in [7, 11) is -3.48. The smallest absolute Gasteiger partial charge is 0.309 e. The van der Waals surface area contributed by atoms with E-state index in [9.17, 15) is 23.7 Å². The molecule has 1 atom stereocenters. The number of carbonyl (C=O) groups is 4. The number of amides is 4. The Morgan fingerprint density at radius 1 is 0.676 bits per heavy atom. The number of hydrogen-bond acceptors (Lipinski definition) is 7. The van der Waals surface area contributed by atoms with Crippen molar-refractivity contribution >= 4 is 31.2 Å². The predicted octanol–water partition coefficient (Wildman–Crippen LogP) is 3.61. The highest BCUT2D eigenvalue weighted by molar-refractivity contribution is 7.53. The molecule has 2 aromatic rings. The molecule has 4 rings (SSSR count). The van der Waals surface area contributed by atoms with Crippen LogP contribution in [0.4, 0.5) is 0 Å². The predicted molar refractivity (Wildman–Crippen MR) is 123 cm³/mol. The number of rotatable bonds is 11. The third kappa shape index (κ3) is 4.59. The molecular formula is C24H25N2O7P. The van der Waals surface area contributed by atoms with Crippen molar-refractivity contribution in [2.24, 2.45) is 0 Å². The molecule has 4 amide bonds. The van der Waals surface area contributed by atoms with Crippen molar-refractivity contribution in [1.82, 2.24) is 9.80 Å². The largest absolute Gasteiger partial charge is 0.330 e. The Hall–Kier alpha value is -3.13. The summed E-state index contributed by atoms with van der Waals surface area (Å²) < 4.78 is 24.0. The van der Waals surface area contributed by atoms with Gasteiger partial charge in [0.2, 0.25) is 0 Å². The minimum Gasteiger partial charge on any atom is -0.309 e. The van der Waals surface area contributed by atoms with Crippen LogP contribution in [0.2, 0.25) is 0 Å². The summed E-state index contributed by atoms with van der Waals surface area (Å²) in [4.78, 5) is 52.1. The second-order valence-electron chi connectivity index (χ2n) is 7.91. The normalized spacial score (nSPS) is 16.7. The first-order valence-corrected chi connectivity index (χ1v) is 12.9. The maximum atomic E-state index is 13.1. The number of unbranched alkanes of at least 4 members (excludes halogenated alkanes) is 1. The Bertz CT molecular complexity index is 1130. The topological polar surface area (TPSA) is 110 Å². The van der Waals surface area contributed by atoms with Gasteiger partial charge in [-0.15, -0.1) is 0 Å². The number of benzene rings is 2. The highest BCUT2D eigenvalue weighted by Gasteiger charge is 2.36. The lowest BCUT2D eigenvalue weighted by atomic mass is 10.1. The number of hydrogen-bond donors (Lipinski definition) is 0. The molecule has 0 aromatic heterocycles. The van der Waals surface area contributed by atoms with Crippen molar-refractivity contribution < 1.29 is 32.8 Å². The second kappa shape index (κ2) is 10.0. The molecule has 0 radical (unpaired) electrons. The third-order valence-electron chi connectivity index (χ3n) is 5.75. The van der Waals surface area contributed by atoms with Gasteiger partial charge in [0.05, 0.1) is 48.2 Å². The zero-order chi connectivity index (χ0) is 24.3. The summed E-state index contributed by atoms with van der Waals surface area (Å²) in [6.45, 7) is 1.90. The van der Waals surface area contributed by atoms with E-state index in [4.69, 9.17) is 9.05 Å². The summed E-state index contributed by atoms with van der Waals surface area (Å²) in [5.74, 6) is -1.47. The van der Waals surface area contributed by atoms with E-state index in [1.807, 2.05) is 0 Å². The van der Waals surface area contributed by atoms with E-state index in [2.05, 4.69) is 0 Å².